The van der Waals surface area contributed by atoms with E-state index < -0.39 is 0 Å². The molecule has 7 aromatic carbocycles. The number of hydrogen-bond donors (Lipinski definition) is 1. The van der Waals surface area contributed by atoms with Crippen molar-refractivity contribution in [1.29, 1.82) is 0 Å². The molecule has 11 rings (SSSR count). The lowest BCUT2D eigenvalue weighted by atomic mass is 9.99. The Morgan fingerprint density at radius 3 is 1.98 bits per heavy atom. The van der Waals surface area contributed by atoms with E-state index in [0.717, 1.165) is 11.2 Å². The zero-order chi connectivity index (χ0) is 30.6. The summed E-state index contributed by atoms with van der Waals surface area (Å²) in [6.45, 7) is 0. The first kappa shape index (κ1) is 25.7. The molecule has 0 bridgehead atoms. The molecule has 0 saturated heterocycles. The van der Waals surface area contributed by atoms with Crippen molar-refractivity contribution in [3.8, 4) is 0 Å². The van der Waals surface area contributed by atoms with E-state index in [4.69, 9.17) is 4.99 Å². The molecule has 0 fully saturated rings. The van der Waals surface area contributed by atoms with Gasteiger partial charge in [0.25, 0.3) is 0 Å². The number of benzene rings is 7. The Bertz CT molecular complexity index is 3060. The summed E-state index contributed by atoms with van der Waals surface area (Å²) >= 11 is 3.73. The molecule has 5 heteroatoms. The van der Waals surface area contributed by atoms with Crippen LogP contribution < -0.4 is 15.2 Å². The Morgan fingerprint density at radius 1 is 0.532 bits per heavy atom. The predicted octanol–water partition coefficient (Wildman–Crippen LogP) is 10.2. The van der Waals surface area contributed by atoms with Crippen LogP contribution in [0.1, 0.15) is 11.7 Å². The highest BCUT2D eigenvalue weighted by atomic mass is 32.1. The number of nitrogens with zero attached hydrogens (tertiary/aromatic N) is 2. The second-order valence-corrected chi connectivity index (χ2v) is 14.4. The van der Waals surface area contributed by atoms with Crippen LogP contribution >= 0.6 is 22.7 Å². The molecule has 4 heterocycles. The molecule has 1 aliphatic heterocycles. The van der Waals surface area contributed by atoms with Crippen LogP contribution in [-0.2, 0) is 0 Å². The highest BCUT2D eigenvalue weighted by molar-refractivity contribution is 7.27. The highest BCUT2D eigenvalue weighted by Gasteiger charge is 2.27. The number of hydrogen-bond acceptors (Lipinski definition) is 4. The fraction of sp³-hybridized carbons (Fsp3) is 0.0238. The van der Waals surface area contributed by atoms with Crippen molar-refractivity contribution in [1.82, 2.24) is 9.88 Å². The van der Waals surface area contributed by atoms with Crippen LogP contribution in [-0.4, -0.2) is 4.57 Å². The minimum atomic E-state index is -0.254. The molecule has 0 saturated carbocycles. The number of aromatic nitrogens is 1. The standard InChI is InChI=1S/C42H25N3S2/c1-2-14-25-24(12-1)13-11-20-28(25)41-43-37-31-19-7-10-23-34(31)47-40(37)42(44-41)45-32-21-8-5-17-29(32)35-26-15-3-4-16-27(26)36-30-18-6-9-22-33(30)46-39(36)38(35)45/h1-23,41,44H. The van der Waals surface area contributed by atoms with Crippen LogP contribution in [0.4, 0.5) is 0 Å². The summed E-state index contributed by atoms with van der Waals surface area (Å²) < 4.78 is 7.57. The van der Waals surface area contributed by atoms with E-state index in [9.17, 15) is 0 Å². The molecular formula is C42H25N3S2. The molecule has 0 radical (unpaired) electrons. The first-order valence-electron chi connectivity index (χ1n) is 15.9. The minimum absolute atomic E-state index is 0.254. The van der Waals surface area contributed by atoms with Crippen molar-refractivity contribution >= 4 is 102 Å². The first-order chi connectivity index (χ1) is 23.3. The van der Waals surface area contributed by atoms with Gasteiger partial charge >= 0.3 is 0 Å². The Hall–Kier alpha value is -5.49. The van der Waals surface area contributed by atoms with E-state index in [1.165, 1.54) is 83.7 Å². The topological polar surface area (TPSA) is 29.3 Å². The van der Waals surface area contributed by atoms with E-state index >= 15 is 0 Å². The SMILES string of the molecule is c1ccc2c(C3N=c4c(sc5ccccc45)=C(n4c5ccccc5c5c6ccccc6c6c7ccccc7sc6c54)N3)cccc2c1. The molecule has 220 valence electrons. The normalized spacial score (nSPS) is 14.9. The highest BCUT2D eigenvalue weighted by Crippen LogP contribution is 2.47. The van der Waals surface area contributed by atoms with E-state index in [2.05, 4.69) is 149 Å². The summed E-state index contributed by atoms with van der Waals surface area (Å²) in [5.41, 5.74) is 3.63. The average Bonchev–Trinajstić information content (AvgIpc) is 3.81. The monoisotopic (exact) mass is 635 g/mol. The molecule has 10 aromatic rings. The van der Waals surface area contributed by atoms with Crippen LogP contribution in [0.5, 0.6) is 0 Å². The number of thiophene rings is 2. The smallest absolute Gasteiger partial charge is 0.147 e. The zero-order valence-electron chi connectivity index (χ0n) is 25.1. The lowest BCUT2D eigenvalue weighted by Gasteiger charge is -2.24. The Balaban J connectivity index is 1.35. The van der Waals surface area contributed by atoms with E-state index in [1.54, 1.807) is 0 Å². The third kappa shape index (κ3) is 3.47. The molecule has 0 aliphatic carbocycles. The minimum Gasteiger partial charge on any atom is -0.345 e. The second kappa shape index (κ2) is 9.52. The number of rotatable bonds is 2. The van der Waals surface area contributed by atoms with Gasteiger partial charge < -0.3 is 5.32 Å². The van der Waals surface area contributed by atoms with Gasteiger partial charge in [-0.3, -0.25) is 9.56 Å². The van der Waals surface area contributed by atoms with Crippen molar-refractivity contribution < 1.29 is 0 Å². The second-order valence-electron chi connectivity index (χ2n) is 12.3. The number of para-hydroxylation sites is 1. The molecule has 1 atom stereocenters. The van der Waals surface area contributed by atoms with Gasteiger partial charge in [-0.05, 0) is 39.7 Å². The molecule has 47 heavy (non-hydrogen) atoms. The molecular weight excluding hydrogens is 611 g/mol. The largest absolute Gasteiger partial charge is 0.345 e. The predicted molar refractivity (Wildman–Crippen MR) is 201 cm³/mol. The molecule has 0 amide bonds. The van der Waals surface area contributed by atoms with Gasteiger partial charge in [0, 0.05) is 41.9 Å². The van der Waals surface area contributed by atoms with Crippen molar-refractivity contribution in [3.63, 3.8) is 0 Å². The van der Waals surface area contributed by atoms with Gasteiger partial charge in [0.2, 0.25) is 0 Å². The van der Waals surface area contributed by atoms with Crippen LogP contribution in [0.15, 0.2) is 145 Å². The summed E-state index contributed by atoms with van der Waals surface area (Å²) in [5, 5.41) is 16.6. The maximum absolute atomic E-state index is 5.49. The van der Waals surface area contributed by atoms with Crippen LogP contribution in [0.2, 0.25) is 0 Å². The summed E-state index contributed by atoms with van der Waals surface area (Å²) in [6.07, 6.45) is -0.254. The van der Waals surface area contributed by atoms with Gasteiger partial charge in [-0.1, -0.05) is 121 Å². The van der Waals surface area contributed by atoms with Crippen molar-refractivity contribution in [2.75, 3.05) is 0 Å². The summed E-state index contributed by atoms with van der Waals surface area (Å²) in [7, 11) is 0. The Labute approximate surface area is 276 Å². The molecule has 3 nitrogen and oxygen atoms in total. The third-order valence-electron chi connectivity index (χ3n) is 9.81. The quantitative estimate of drug-likeness (QED) is 0.201. The van der Waals surface area contributed by atoms with E-state index in [0.29, 0.717) is 0 Å². The van der Waals surface area contributed by atoms with Crippen LogP contribution in [0.3, 0.4) is 0 Å². The molecule has 1 unspecified atom stereocenters. The maximum Gasteiger partial charge on any atom is 0.147 e. The van der Waals surface area contributed by atoms with Crippen LogP contribution in [0.25, 0.3) is 79.4 Å². The number of nitrogens with one attached hydrogen (secondary N) is 1. The summed E-state index contributed by atoms with van der Waals surface area (Å²) in [5.74, 6) is 1.09. The molecule has 1 N–H and O–H groups in total. The van der Waals surface area contributed by atoms with Gasteiger partial charge in [-0.15, -0.1) is 22.7 Å². The molecule has 0 spiro atoms. The number of fused-ring (bicyclic) bond motifs is 14. The van der Waals surface area contributed by atoms with Crippen molar-refractivity contribution in [2.45, 2.75) is 6.17 Å². The lowest BCUT2D eigenvalue weighted by molar-refractivity contribution is 0.626. The first-order valence-corrected chi connectivity index (χ1v) is 17.6. The zero-order valence-corrected chi connectivity index (χ0v) is 26.7. The van der Waals surface area contributed by atoms with Gasteiger partial charge in [-0.25, -0.2) is 0 Å². The van der Waals surface area contributed by atoms with Crippen molar-refractivity contribution in [2.24, 2.45) is 4.99 Å². The van der Waals surface area contributed by atoms with E-state index in [-0.39, 0.29) is 6.17 Å². The van der Waals surface area contributed by atoms with Gasteiger partial charge in [0.1, 0.15) is 12.0 Å². The molecule has 1 aliphatic rings. The fourth-order valence-electron chi connectivity index (χ4n) is 7.84. The lowest BCUT2D eigenvalue weighted by Crippen LogP contribution is -2.39. The summed E-state index contributed by atoms with van der Waals surface area (Å²) in [6, 6.07) is 50.7. The molecule has 3 aromatic heterocycles. The summed E-state index contributed by atoms with van der Waals surface area (Å²) in [4.78, 5) is 5.49. The van der Waals surface area contributed by atoms with Gasteiger partial charge in [0.05, 0.1) is 25.6 Å². The van der Waals surface area contributed by atoms with Crippen molar-refractivity contribution in [3.05, 3.63) is 155 Å². The van der Waals surface area contributed by atoms with Crippen LogP contribution in [0, 0.1) is 0 Å². The van der Waals surface area contributed by atoms with Gasteiger partial charge in [-0.2, -0.15) is 0 Å². The fourth-order valence-corrected chi connectivity index (χ4v) is 10.2. The third-order valence-corrected chi connectivity index (χ3v) is 12.2. The average molecular weight is 636 g/mol. The maximum atomic E-state index is 5.49. The Morgan fingerprint density at radius 2 is 1.15 bits per heavy atom. The Kier molecular flexibility index (Phi) is 5.20. The van der Waals surface area contributed by atoms with Gasteiger partial charge in [0.15, 0.2) is 0 Å². The van der Waals surface area contributed by atoms with E-state index in [1.807, 2.05) is 22.7 Å².